The van der Waals surface area contributed by atoms with Gasteiger partial charge in [-0.25, -0.2) is 0 Å². The number of likely N-dealkylation sites (tertiary alicyclic amines) is 1. The van der Waals surface area contributed by atoms with Gasteiger partial charge >= 0.3 is 0 Å². The standard InChI is InChI=1S/C19H40N4O.HI/c1-5-19(6-2,12-14-24)16-22-18(20-7-3)21-15-17-11-9-10-13-23(17)8-4;/h17,24H,5-16H2,1-4H3,(H2,20,21,22);1H. The summed E-state index contributed by atoms with van der Waals surface area (Å²) >= 11 is 0. The molecule has 0 aliphatic carbocycles. The number of aliphatic hydroxyl groups is 1. The number of hydrogen-bond acceptors (Lipinski definition) is 3. The van der Waals surface area contributed by atoms with E-state index in [-0.39, 0.29) is 36.0 Å². The molecule has 0 spiro atoms. The van der Waals surface area contributed by atoms with Gasteiger partial charge in [-0.05, 0) is 57.5 Å². The number of aliphatic imine (C=N–C) groups is 1. The van der Waals surface area contributed by atoms with Crippen molar-refractivity contribution in [1.29, 1.82) is 0 Å². The Hall–Kier alpha value is -0.0800. The molecule has 1 heterocycles. The summed E-state index contributed by atoms with van der Waals surface area (Å²) in [7, 11) is 0. The molecule has 1 atom stereocenters. The lowest BCUT2D eigenvalue weighted by Gasteiger charge is -2.35. The molecule has 0 radical (unpaired) electrons. The summed E-state index contributed by atoms with van der Waals surface area (Å²) in [5.41, 5.74) is 0.122. The van der Waals surface area contributed by atoms with Gasteiger partial charge in [0.25, 0.3) is 0 Å². The Morgan fingerprint density at radius 1 is 1.16 bits per heavy atom. The van der Waals surface area contributed by atoms with E-state index in [0.717, 1.165) is 51.4 Å². The summed E-state index contributed by atoms with van der Waals surface area (Å²) in [6.07, 6.45) is 6.88. The van der Waals surface area contributed by atoms with E-state index in [1.165, 1.54) is 25.8 Å². The molecule has 1 saturated heterocycles. The van der Waals surface area contributed by atoms with Crippen LogP contribution in [-0.2, 0) is 0 Å². The average Bonchev–Trinajstić information content (AvgIpc) is 2.63. The molecule has 0 saturated carbocycles. The van der Waals surface area contributed by atoms with Gasteiger partial charge in [0.15, 0.2) is 5.96 Å². The van der Waals surface area contributed by atoms with Crippen LogP contribution in [-0.4, -0.2) is 61.3 Å². The first-order valence-corrected chi connectivity index (χ1v) is 10.0. The topological polar surface area (TPSA) is 59.9 Å². The highest BCUT2D eigenvalue weighted by molar-refractivity contribution is 14.0. The van der Waals surface area contributed by atoms with Crippen LogP contribution in [0.3, 0.4) is 0 Å². The second-order valence-electron chi connectivity index (χ2n) is 7.03. The number of nitrogens with zero attached hydrogens (tertiary/aromatic N) is 2. The number of piperidine rings is 1. The monoisotopic (exact) mass is 468 g/mol. The van der Waals surface area contributed by atoms with E-state index in [1.807, 2.05) is 0 Å². The first-order chi connectivity index (χ1) is 11.6. The van der Waals surface area contributed by atoms with Crippen molar-refractivity contribution in [3.63, 3.8) is 0 Å². The number of aliphatic hydroxyl groups excluding tert-OH is 1. The Balaban J connectivity index is 0.00000576. The van der Waals surface area contributed by atoms with Crippen molar-refractivity contribution in [2.24, 2.45) is 10.4 Å². The molecule has 5 nitrogen and oxygen atoms in total. The molecule has 150 valence electrons. The molecule has 1 aliphatic heterocycles. The maximum atomic E-state index is 9.38. The lowest BCUT2D eigenvalue weighted by atomic mass is 9.79. The third-order valence-electron chi connectivity index (χ3n) is 5.72. The van der Waals surface area contributed by atoms with Crippen molar-refractivity contribution >= 4 is 29.9 Å². The molecule has 0 aromatic heterocycles. The number of rotatable bonds is 10. The minimum Gasteiger partial charge on any atom is -0.396 e. The van der Waals surface area contributed by atoms with Gasteiger partial charge in [-0.3, -0.25) is 9.89 Å². The molecule has 6 heteroatoms. The Kier molecular flexibility index (Phi) is 14.0. The predicted molar refractivity (Wildman–Crippen MR) is 119 cm³/mol. The van der Waals surface area contributed by atoms with Crippen LogP contribution < -0.4 is 10.6 Å². The average molecular weight is 468 g/mol. The Morgan fingerprint density at radius 2 is 1.88 bits per heavy atom. The van der Waals surface area contributed by atoms with Gasteiger partial charge in [0.2, 0.25) is 0 Å². The predicted octanol–water partition coefficient (Wildman–Crippen LogP) is 3.22. The van der Waals surface area contributed by atoms with E-state index in [1.54, 1.807) is 0 Å². The summed E-state index contributed by atoms with van der Waals surface area (Å²) in [5.74, 6) is 0.920. The Morgan fingerprint density at radius 3 is 2.44 bits per heavy atom. The van der Waals surface area contributed by atoms with Gasteiger partial charge in [0.05, 0.1) is 0 Å². The summed E-state index contributed by atoms with van der Waals surface area (Å²) < 4.78 is 0. The fourth-order valence-corrected chi connectivity index (χ4v) is 3.65. The molecule has 0 aromatic rings. The summed E-state index contributed by atoms with van der Waals surface area (Å²) in [4.78, 5) is 7.42. The minimum atomic E-state index is 0. The van der Waals surface area contributed by atoms with Crippen molar-refractivity contribution in [2.45, 2.75) is 72.3 Å². The number of halogens is 1. The number of hydrogen-bond donors (Lipinski definition) is 3. The van der Waals surface area contributed by atoms with Gasteiger partial charge in [-0.15, -0.1) is 24.0 Å². The molecule has 3 N–H and O–H groups in total. The zero-order chi connectivity index (χ0) is 17.8. The fraction of sp³-hybridized carbons (Fsp3) is 0.947. The second-order valence-corrected chi connectivity index (χ2v) is 7.03. The maximum absolute atomic E-state index is 9.38. The second kappa shape index (κ2) is 14.0. The highest BCUT2D eigenvalue weighted by atomic mass is 127. The molecule has 1 rings (SSSR count). The largest absolute Gasteiger partial charge is 0.396 e. The highest BCUT2D eigenvalue weighted by Gasteiger charge is 2.26. The SMILES string of the molecule is CCNC(=NCC(CC)(CC)CCO)NCC1CCCCN1CC.I. The molecule has 0 bridgehead atoms. The summed E-state index contributed by atoms with van der Waals surface area (Å²) in [6, 6.07) is 0.618. The van der Waals surface area contributed by atoms with Crippen LogP contribution in [0.4, 0.5) is 0 Å². The Labute approximate surface area is 172 Å². The van der Waals surface area contributed by atoms with Crippen LogP contribution in [0.5, 0.6) is 0 Å². The molecule has 25 heavy (non-hydrogen) atoms. The smallest absolute Gasteiger partial charge is 0.191 e. The van der Waals surface area contributed by atoms with E-state index >= 15 is 0 Å². The lowest BCUT2D eigenvalue weighted by molar-refractivity contribution is 0.157. The first kappa shape index (κ1) is 24.9. The number of likely N-dealkylation sites (N-methyl/N-ethyl adjacent to an activating group) is 1. The zero-order valence-corrected chi connectivity index (χ0v) is 19.1. The molecular formula is C19H41IN4O. The quantitative estimate of drug-likeness (QED) is 0.262. The van der Waals surface area contributed by atoms with Crippen molar-refractivity contribution < 1.29 is 5.11 Å². The number of nitrogens with one attached hydrogen (secondary N) is 2. The zero-order valence-electron chi connectivity index (χ0n) is 16.8. The molecule has 0 amide bonds. The molecular weight excluding hydrogens is 427 g/mol. The van der Waals surface area contributed by atoms with Crippen molar-refractivity contribution in [3.8, 4) is 0 Å². The van der Waals surface area contributed by atoms with E-state index in [9.17, 15) is 5.11 Å². The summed E-state index contributed by atoms with van der Waals surface area (Å²) in [5, 5.41) is 16.3. The highest BCUT2D eigenvalue weighted by Crippen LogP contribution is 2.30. The summed E-state index contributed by atoms with van der Waals surface area (Å²) in [6.45, 7) is 14.0. The van der Waals surface area contributed by atoms with Gasteiger partial charge in [-0.1, -0.05) is 27.2 Å². The molecule has 1 aliphatic rings. The van der Waals surface area contributed by atoms with E-state index < -0.39 is 0 Å². The van der Waals surface area contributed by atoms with Crippen LogP contribution in [0.2, 0.25) is 0 Å². The van der Waals surface area contributed by atoms with Crippen LogP contribution in [0.15, 0.2) is 4.99 Å². The van der Waals surface area contributed by atoms with Gasteiger partial charge in [-0.2, -0.15) is 0 Å². The lowest BCUT2D eigenvalue weighted by Crippen LogP contribution is -2.49. The molecule has 1 unspecified atom stereocenters. The van der Waals surface area contributed by atoms with Gasteiger partial charge in [0.1, 0.15) is 0 Å². The van der Waals surface area contributed by atoms with Crippen LogP contribution in [0.25, 0.3) is 0 Å². The van der Waals surface area contributed by atoms with Gasteiger partial charge < -0.3 is 15.7 Å². The maximum Gasteiger partial charge on any atom is 0.191 e. The van der Waals surface area contributed by atoms with E-state index in [4.69, 9.17) is 4.99 Å². The molecule has 0 aromatic carbocycles. The number of guanidine groups is 1. The third-order valence-corrected chi connectivity index (χ3v) is 5.72. The third kappa shape index (κ3) is 8.43. The van der Waals surface area contributed by atoms with Crippen LogP contribution in [0.1, 0.15) is 66.2 Å². The normalized spacial score (nSPS) is 19.4. The van der Waals surface area contributed by atoms with E-state index in [0.29, 0.717) is 6.04 Å². The Bertz CT molecular complexity index is 361. The van der Waals surface area contributed by atoms with E-state index in [2.05, 4.69) is 43.2 Å². The van der Waals surface area contributed by atoms with Crippen LogP contribution >= 0.6 is 24.0 Å². The van der Waals surface area contributed by atoms with Crippen LogP contribution in [0, 0.1) is 5.41 Å². The van der Waals surface area contributed by atoms with Crippen molar-refractivity contribution in [3.05, 3.63) is 0 Å². The minimum absolute atomic E-state index is 0. The first-order valence-electron chi connectivity index (χ1n) is 10.0. The van der Waals surface area contributed by atoms with Crippen molar-refractivity contribution in [1.82, 2.24) is 15.5 Å². The van der Waals surface area contributed by atoms with Crippen molar-refractivity contribution in [2.75, 3.05) is 39.3 Å². The fourth-order valence-electron chi connectivity index (χ4n) is 3.65. The van der Waals surface area contributed by atoms with Gasteiger partial charge in [0, 0.05) is 32.3 Å². The molecule has 1 fully saturated rings.